The first kappa shape index (κ1) is 58.0. The number of hydrogen-bond donors (Lipinski definition) is 3. The van der Waals surface area contributed by atoms with Gasteiger partial charge >= 0.3 is 18.2 Å². The van der Waals surface area contributed by atoms with Crippen molar-refractivity contribution in [2.24, 2.45) is 5.73 Å². The van der Waals surface area contributed by atoms with Crippen LogP contribution in [-0.2, 0) is 22.7 Å². The number of fused-ring (bicyclic) bond motifs is 4. The van der Waals surface area contributed by atoms with Crippen LogP contribution in [0.5, 0.6) is 23.0 Å². The standard InChI is InChI=1S/C26H30N6O5.C18H14N4O4.C8H18N2O2.CH4/c1-26(2,3)37-25(34)31(4)13-12-28-24(33)17-6-9-22-29-30-23(32(22)15-17)16-36-21-10-11-27-20-14-18(35-5)7-8-19(20)21;1-25-12-3-4-13-14(8-12)19-7-6-15(13)26-10-17-21-20-16-5-2-11(18(23)24)9-22(16)17;1-8(2,3)12-7(11)10(4)6-5-9;/h6-11,14-15H,12-13,16H2,1-5H3,(H,28,33);2-9H,10H2,1H3,(H,23,24);5-6,9H2,1-4H3;1H4. The summed E-state index contributed by atoms with van der Waals surface area (Å²) < 4.78 is 36.1. The van der Waals surface area contributed by atoms with Crippen molar-refractivity contribution in [1.29, 1.82) is 0 Å². The maximum absolute atomic E-state index is 12.7. The molecule has 0 atom stereocenters. The minimum atomic E-state index is -1.01. The first-order chi connectivity index (χ1) is 35.7. The van der Waals surface area contributed by atoms with Gasteiger partial charge in [-0.2, -0.15) is 0 Å². The Morgan fingerprint density at radius 2 is 1.08 bits per heavy atom. The zero-order valence-electron chi connectivity index (χ0n) is 43.6. The molecule has 6 heterocycles. The second-order valence-electron chi connectivity index (χ2n) is 18.6. The van der Waals surface area contributed by atoms with E-state index in [-0.39, 0.29) is 44.7 Å². The number of carbonyl (C=O) groups excluding carboxylic acids is 3. The van der Waals surface area contributed by atoms with Gasteiger partial charge in [0.05, 0.1) is 36.4 Å². The summed E-state index contributed by atoms with van der Waals surface area (Å²) in [5, 5.41) is 30.1. The van der Waals surface area contributed by atoms with Crippen LogP contribution in [0.3, 0.4) is 0 Å². The number of pyridine rings is 4. The topological polar surface area (TPSA) is 275 Å². The summed E-state index contributed by atoms with van der Waals surface area (Å²) in [6.07, 6.45) is 5.69. The molecule has 4 N–H and O–H groups in total. The Labute approximate surface area is 439 Å². The number of aromatic nitrogens is 8. The largest absolute Gasteiger partial charge is 0.497 e. The monoisotopic (exact) mass is 1050 g/mol. The Kier molecular flexibility index (Phi) is 19.8. The number of ether oxygens (including phenoxy) is 6. The van der Waals surface area contributed by atoms with Crippen LogP contribution in [0.25, 0.3) is 33.1 Å². The fourth-order valence-electron chi connectivity index (χ4n) is 6.82. The van der Waals surface area contributed by atoms with Crippen molar-refractivity contribution < 1.29 is 52.7 Å². The molecular formula is C53H66N12O11. The van der Waals surface area contributed by atoms with Crippen LogP contribution in [0.4, 0.5) is 9.59 Å². The van der Waals surface area contributed by atoms with Gasteiger partial charge in [0.15, 0.2) is 22.9 Å². The Balaban J connectivity index is 0.000000237. The van der Waals surface area contributed by atoms with E-state index >= 15 is 0 Å². The van der Waals surface area contributed by atoms with E-state index < -0.39 is 23.3 Å². The van der Waals surface area contributed by atoms with Gasteiger partial charge in [-0.25, -0.2) is 14.4 Å². The summed E-state index contributed by atoms with van der Waals surface area (Å²) in [4.78, 5) is 58.7. The molecule has 0 aliphatic carbocycles. The van der Waals surface area contributed by atoms with Crippen molar-refractivity contribution in [3.8, 4) is 23.0 Å². The van der Waals surface area contributed by atoms with Crippen molar-refractivity contribution in [3.05, 3.63) is 120 Å². The van der Waals surface area contributed by atoms with E-state index in [9.17, 15) is 19.2 Å². The van der Waals surface area contributed by atoms with E-state index in [0.717, 1.165) is 21.8 Å². The molecule has 6 aromatic heterocycles. The molecule has 0 aliphatic heterocycles. The molecule has 0 fully saturated rings. The highest BCUT2D eigenvalue weighted by Gasteiger charge is 2.21. The number of hydrogen-bond acceptors (Lipinski definition) is 17. The lowest BCUT2D eigenvalue weighted by Gasteiger charge is -2.24. The lowest BCUT2D eigenvalue weighted by Crippen LogP contribution is -2.39. The Morgan fingerprint density at radius 1 is 0.632 bits per heavy atom. The third-order valence-corrected chi connectivity index (χ3v) is 10.6. The molecule has 23 nitrogen and oxygen atoms in total. The molecule has 76 heavy (non-hydrogen) atoms. The molecule has 0 saturated carbocycles. The van der Waals surface area contributed by atoms with E-state index in [0.29, 0.717) is 71.1 Å². The quantitative estimate of drug-likeness (QED) is 0.0897. The van der Waals surface area contributed by atoms with Gasteiger partial charge in [0.2, 0.25) is 0 Å². The molecule has 8 aromatic rings. The van der Waals surface area contributed by atoms with Crippen LogP contribution in [0.2, 0.25) is 0 Å². The van der Waals surface area contributed by atoms with Crippen LogP contribution in [0.15, 0.2) is 97.6 Å². The Hall–Kier alpha value is -8.86. The van der Waals surface area contributed by atoms with E-state index in [1.807, 2.05) is 57.2 Å². The summed E-state index contributed by atoms with van der Waals surface area (Å²) in [5.74, 6) is 2.45. The number of aromatic carboxylic acids is 1. The number of nitrogens with zero attached hydrogens (tertiary/aromatic N) is 10. The van der Waals surface area contributed by atoms with Gasteiger partial charge < -0.3 is 54.4 Å². The van der Waals surface area contributed by atoms with Crippen LogP contribution in [0.1, 0.15) is 81.3 Å². The zero-order valence-corrected chi connectivity index (χ0v) is 43.6. The van der Waals surface area contributed by atoms with Gasteiger partial charge in [-0.05, 0) is 102 Å². The van der Waals surface area contributed by atoms with Gasteiger partial charge in [-0.1, -0.05) is 7.43 Å². The molecule has 23 heteroatoms. The lowest BCUT2D eigenvalue weighted by atomic mass is 10.2. The lowest BCUT2D eigenvalue weighted by molar-refractivity contribution is 0.0291. The SMILES string of the molecule is C.CN(CCN)C(=O)OC(C)(C)C.COc1ccc2c(OCc3nnc4ccc(C(=O)NCCN(C)C(=O)OC(C)(C)C)cn34)ccnc2c1.COc1ccc2c(OCc3nnc4ccc(C(=O)O)cn34)ccnc2c1. The van der Waals surface area contributed by atoms with Crippen LogP contribution < -0.4 is 30.0 Å². The minimum Gasteiger partial charge on any atom is -0.497 e. The Morgan fingerprint density at radius 3 is 1.51 bits per heavy atom. The number of carboxylic acid groups (broad SMARTS) is 1. The highest BCUT2D eigenvalue weighted by atomic mass is 16.6. The number of carboxylic acids is 1. The van der Waals surface area contributed by atoms with Gasteiger partial charge in [0.1, 0.15) is 47.4 Å². The van der Waals surface area contributed by atoms with Gasteiger partial charge in [-0.15, -0.1) is 20.4 Å². The number of carbonyl (C=O) groups is 4. The molecule has 3 amide bonds. The van der Waals surface area contributed by atoms with E-state index in [1.54, 1.807) is 107 Å². The first-order valence-corrected chi connectivity index (χ1v) is 23.5. The highest BCUT2D eigenvalue weighted by Crippen LogP contribution is 2.29. The molecule has 0 bridgehead atoms. The first-order valence-electron chi connectivity index (χ1n) is 23.5. The van der Waals surface area contributed by atoms with Gasteiger partial charge in [-0.3, -0.25) is 23.6 Å². The number of methoxy groups -OCH3 is 2. The number of nitrogens with two attached hydrogens (primary N) is 1. The number of benzene rings is 2. The van der Waals surface area contributed by atoms with Gasteiger partial charge in [0, 0.05) is 88.0 Å². The molecule has 0 aliphatic rings. The van der Waals surface area contributed by atoms with Gasteiger partial charge in [0.25, 0.3) is 5.91 Å². The maximum atomic E-state index is 12.7. The zero-order chi connectivity index (χ0) is 54.5. The number of nitrogens with one attached hydrogen (secondary N) is 1. The van der Waals surface area contributed by atoms with E-state index in [1.165, 1.54) is 22.1 Å². The normalized spacial score (nSPS) is 11.0. The van der Waals surface area contributed by atoms with Crippen LogP contribution in [-0.4, -0.2) is 144 Å². The maximum Gasteiger partial charge on any atom is 0.410 e. The van der Waals surface area contributed by atoms with Crippen molar-refractivity contribution in [1.82, 2.24) is 54.3 Å². The number of rotatable bonds is 15. The molecule has 0 radical (unpaired) electrons. The summed E-state index contributed by atoms with van der Waals surface area (Å²) in [7, 11) is 6.50. The molecule has 404 valence electrons. The van der Waals surface area contributed by atoms with E-state index in [2.05, 4.69) is 35.7 Å². The summed E-state index contributed by atoms with van der Waals surface area (Å²) >= 11 is 0. The average Bonchev–Trinajstić information content (AvgIpc) is 3.99. The molecular weight excluding hydrogens is 981 g/mol. The minimum absolute atomic E-state index is 0. The van der Waals surface area contributed by atoms with Crippen LogP contribution in [0, 0.1) is 0 Å². The van der Waals surface area contributed by atoms with E-state index in [4.69, 9.17) is 39.3 Å². The third-order valence-electron chi connectivity index (χ3n) is 10.6. The van der Waals surface area contributed by atoms with Crippen molar-refractivity contribution in [2.45, 2.75) is 73.4 Å². The predicted molar refractivity (Wildman–Crippen MR) is 284 cm³/mol. The van der Waals surface area contributed by atoms with Crippen molar-refractivity contribution in [2.75, 3.05) is 54.5 Å². The molecule has 0 saturated heterocycles. The third kappa shape index (κ3) is 15.8. The molecule has 8 rings (SSSR count). The number of amides is 3. The Bertz CT molecular complexity index is 3280. The molecule has 0 unspecified atom stereocenters. The predicted octanol–water partition coefficient (Wildman–Crippen LogP) is 7.47. The summed E-state index contributed by atoms with van der Waals surface area (Å²) in [6, 6.07) is 21.1. The highest BCUT2D eigenvalue weighted by molar-refractivity contribution is 5.94. The number of likely N-dealkylation sites (N-methyl/N-ethyl adjacent to an activating group) is 2. The fourth-order valence-corrected chi connectivity index (χ4v) is 6.82. The summed E-state index contributed by atoms with van der Waals surface area (Å²) in [5.41, 5.74) is 7.49. The van der Waals surface area contributed by atoms with Crippen molar-refractivity contribution >= 4 is 57.2 Å². The molecule has 2 aromatic carbocycles. The second kappa shape index (κ2) is 25.9. The molecule has 0 spiro atoms. The second-order valence-corrected chi connectivity index (χ2v) is 18.6. The smallest absolute Gasteiger partial charge is 0.410 e. The van der Waals surface area contributed by atoms with Crippen LogP contribution >= 0.6 is 0 Å². The van der Waals surface area contributed by atoms with Crippen molar-refractivity contribution in [3.63, 3.8) is 0 Å². The average molecular weight is 1050 g/mol. The fraction of sp³-hybridized carbons (Fsp3) is 0.358. The summed E-state index contributed by atoms with van der Waals surface area (Å²) in [6.45, 7) is 12.7.